The molecular weight excluding hydrogens is 336 g/mol. The lowest BCUT2D eigenvalue weighted by Gasteiger charge is -2.41. The van der Waals surface area contributed by atoms with E-state index in [9.17, 15) is 4.21 Å². The third kappa shape index (κ3) is 3.47. The average Bonchev–Trinajstić information content (AvgIpc) is 3.13. The molecule has 3 rings (SSSR count). The van der Waals surface area contributed by atoms with Gasteiger partial charge in [-0.2, -0.15) is 4.98 Å². The van der Waals surface area contributed by atoms with Crippen molar-refractivity contribution < 1.29 is 8.73 Å². The molecule has 136 valence electrons. The van der Waals surface area contributed by atoms with E-state index >= 15 is 0 Å². The molecule has 0 aliphatic carbocycles. The van der Waals surface area contributed by atoms with Crippen LogP contribution >= 0.6 is 0 Å². The van der Waals surface area contributed by atoms with Gasteiger partial charge in [-0.25, -0.2) is 4.98 Å². The molecule has 1 aliphatic heterocycles. The van der Waals surface area contributed by atoms with Gasteiger partial charge in [0.2, 0.25) is 0 Å². The number of nitrogens with zero attached hydrogens (tertiary/aromatic N) is 4. The first-order chi connectivity index (χ1) is 12.0. The topological polar surface area (TPSA) is 72.1 Å². The van der Waals surface area contributed by atoms with Crippen LogP contribution in [0.5, 0.6) is 0 Å². The molecule has 1 saturated heterocycles. The van der Waals surface area contributed by atoms with Gasteiger partial charge in [0, 0.05) is 47.3 Å². The first-order valence-corrected chi connectivity index (χ1v) is 10.2. The molecule has 2 aromatic rings. The molecule has 0 bridgehead atoms. The number of hydrogen-bond acceptors (Lipinski definition) is 6. The van der Waals surface area contributed by atoms with Gasteiger partial charge in [0.25, 0.3) is 5.89 Å². The smallest absolute Gasteiger partial charge is 0.258 e. The van der Waals surface area contributed by atoms with E-state index in [1.807, 2.05) is 26.0 Å². The van der Waals surface area contributed by atoms with Crippen LogP contribution in [0.15, 0.2) is 22.9 Å². The van der Waals surface area contributed by atoms with Gasteiger partial charge in [-0.3, -0.25) is 4.21 Å². The van der Waals surface area contributed by atoms with Crippen LogP contribution in [0.2, 0.25) is 0 Å². The molecule has 7 heteroatoms. The van der Waals surface area contributed by atoms with Gasteiger partial charge >= 0.3 is 0 Å². The zero-order chi connectivity index (χ0) is 18.0. The highest BCUT2D eigenvalue weighted by atomic mass is 32.2. The van der Waals surface area contributed by atoms with Crippen molar-refractivity contribution in [2.24, 2.45) is 0 Å². The van der Waals surface area contributed by atoms with Gasteiger partial charge in [-0.1, -0.05) is 32.9 Å². The number of hydrogen-bond donors (Lipinski definition) is 0. The quantitative estimate of drug-likeness (QED) is 0.812. The molecule has 0 amide bonds. The van der Waals surface area contributed by atoms with Crippen molar-refractivity contribution in [2.75, 3.05) is 23.7 Å². The summed E-state index contributed by atoms with van der Waals surface area (Å²) >= 11 is 0. The Labute approximate surface area is 151 Å². The lowest BCUT2D eigenvalue weighted by atomic mass is 10.0. The highest BCUT2D eigenvalue weighted by molar-refractivity contribution is 7.86. The molecule has 3 heterocycles. The normalized spacial score (nSPS) is 20.2. The first kappa shape index (κ1) is 18.0. The van der Waals surface area contributed by atoms with E-state index in [1.165, 1.54) is 0 Å². The van der Waals surface area contributed by atoms with E-state index in [2.05, 4.69) is 33.9 Å². The predicted octanol–water partition coefficient (Wildman–Crippen LogP) is 3.38. The first-order valence-electron chi connectivity index (χ1n) is 8.92. The Hall–Kier alpha value is -1.76. The van der Waals surface area contributed by atoms with Crippen LogP contribution < -0.4 is 4.90 Å². The van der Waals surface area contributed by atoms with E-state index in [0.29, 0.717) is 17.5 Å². The van der Waals surface area contributed by atoms with Crippen molar-refractivity contribution in [1.29, 1.82) is 0 Å². The van der Waals surface area contributed by atoms with E-state index in [-0.39, 0.29) is 10.7 Å². The summed E-state index contributed by atoms with van der Waals surface area (Å²) in [6.07, 6.45) is 3.59. The van der Waals surface area contributed by atoms with Crippen molar-refractivity contribution in [3.63, 3.8) is 0 Å². The molecule has 1 unspecified atom stereocenters. The maximum absolute atomic E-state index is 12.5. The highest BCUT2D eigenvalue weighted by Crippen LogP contribution is 2.31. The molecule has 2 aromatic heterocycles. The molecule has 0 aromatic carbocycles. The van der Waals surface area contributed by atoms with Crippen LogP contribution in [-0.2, 0) is 10.8 Å². The number of rotatable bonds is 5. The molecule has 0 saturated carbocycles. The van der Waals surface area contributed by atoms with Gasteiger partial charge < -0.3 is 9.42 Å². The molecule has 1 aliphatic rings. The summed E-state index contributed by atoms with van der Waals surface area (Å²) in [6, 6.07) is 3.87. The number of aromatic nitrogens is 3. The minimum Gasteiger partial charge on any atom is -0.354 e. The molecule has 25 heavy (non-hydrogen) atoms. The zero-order valence-electron chi connectivity index (χ0n) is 15.4. The standard InChI is InChI=1S/C18H26N4O2S/c1-5-18(6-2)12-22(9-10-25(18)23)15-11-14(7-8-19-15)17-20-16(13(3)4)21-24-17/h7-8,11,13H,5-6,9-10,12H2,1-4H3. The Morgan fingerprint density at radius 2 is 2.12 bits per heavy atom. The summed E-state index contributed by atoms with van der Waals surface area (Å²) in [4.78, 5) is 11.2. The SMILES string of the molecule is CCC1(CC)CN(c2cc(-c3nc(C(C)C)no3)ccn2)CCS1=O. The summed E-state index contributed by atoms with van der Waals surface area (Å²) in [5.41, 5.74) is 0.870. The lowest BCUT2D eigenvalue weighted by molar-refractivity contribution is 0.419. The summed E-state index contributed by atoms with van der Waals surface area (Å²) in [5.74, 6) is 3.02. The van der Waals surface area contributed by atoms with Crippen molar-refractivity contribution in [3.05, 3.63) is 24.2 Å². The van der Waals surface area contributed by atoms with E-state index in [1.54, 1.807) is 6.20 Å². The Kier molecular flexibility index (Phi) is 5.22. The maximum Gasteiger partial charge on any atom is 0.258 e. The van der Waals surface area contributed by atoms with Crippen LogP contribution in [-0.4, -0.2) is 42.9 Å². The van der Waals surface area contributed by atoms with E-state index in [4.69, 9.17) is 4.52 Å². The molecule has 1 atom stereocenters. The van der Waals surface area contributed by atoms with Gasteiger partial charge in [0.05, 0.1) is 4.75 Å². The van der Waals surface area contributed by atoms with Crippen molar-refractivity contribution >= 4 is 16.6 Å². The number of pyridine rings is 1. The third-order valence-corrected chi connectivity index (χ3v) is 7.30. The minimum atomic E-state index is -0.785. The second-order valence-corrected chi connectivity index (χ2v) is 8.84. The van der Waals surface area contributed by atoms with Crippen LogP contribution in [0, 0.1) is 0 Å². The number of anilines is 1. The Morgan fingerprint density at radius 3 is 2.76 bits per heavy atom. The highest BCUT2D eigenvalue weighted by Gasteiger charge is 2.39. The van der Waals surface area contributed by atoms with Crippen LogP contribution in [0.25, 0.3) is 11.5 Å². The molecule has 6 nitrogen and oxygen atoms in total. The summed E-state index contributed by atoms with van der Waals surface area (Å²) in [5, 5.41) is 4.03. The second kappa shape index (κ2) is 7.23. The zero-order valence-corrected chi connectivity index (χ0v) is 16.2. The lowest BCUT2D eigenvalue weighted by Crippen LogP contribution is -2.53. The van der Waals surface area contributed by atoms with E-state index < -0.39 is 10.8 Å². The van der Waals surface area contributed by atoms with Crippen molar-refractivity contribution in [2.45, 2.75) is 51.2 Å². The largest absolute Gasteiger partial charge is 0.354 e. The van der Waals surface area contributed by atoms with Gasteiger partial charge in [0.1, 0.15) is 5.82 Å². The Bertz CT molecular complexity index is 755. The second-order valence-electron chi connectivity index (χ2n) is 6.88. The molecule has 0 radical (unpaired) electrons. The average molecular weight is 362 g/mol. The third-order valence-electron chi connectivity index (χ3n) is 5.07. The van der Waals surface area contributed by atoms with Gasteiger partial charge in [-0.05, 0) is 25.0 Å². The molecule has 0 spiro atoms. The molecule has 0 N–H and O–H groups in total. The molecular formula is C18H26N4O2S. The molecule has 1 fully saturated rings. The van der Waals surface area contributed by atoms with Crippen molar-refractivity contribution in [3.8, 4) is 11.5 Å². The predicted molar refractivity (Wildman–Crippen MR) is 100 cm³/mol. The monoisotopic (exact) mass is 362 g/mol. The van der Waals surface area contributed by atoms with Crippen LogP contribution in [0.1, 0.15) is 52.3 Å². The Morgan fingerprint density at radius 1 is 1.36 bits per heavy atom. The van der Waals surface area contributed by atoms with Gasteiger partial charge in [0.15, 0.2) is 5.82 Å². The summed E-state index contributed by atoms with van der Waals surface area (Å²) in [6.45, 7) is 9.85. The minimum absolute atomic E-state index is 0.148. The fourth-order valence-corrected chi connectivity index (χ4v) is 4.97. The Balaban J connectivity index is 1.87. The van der Waals surface area contributed by atoms with Gasteiger partial charge in [-0.15, -0.1) is 0 Å². The maximum atomic E-state index is 12.5. The van der Waals surface area contributed by atoms with E-state index in [0.717, 1.165) is 37.3 Å². The van der Waals surface area contributed by atoms with Crippen LogP contribution in [0.4, 0.5) is 5.82 Å². The van der Waals surface area contributed by atoms with Crippen molar-refractivity contribution in [1.82, 2.24) is 15.1 Å². The summed E-state index contributed by atoms with van der Waals surface area (Å²) in [7, 11) is -0.785. The fourth-order valence-electron chi connectivity index (χ4n) is 3.21. The summed E-state index contributed by atoms with van der Waals surface area (Å²) < 4.78 is 17.8. The fraction of sp³-hybridized carbons (Fsp3) is 0.611. The van der Waals surface area contributed by atoms with Crippen LogP contribution in [0.3, 0.4) is 0 Å².